The quantitative estimate of drug-likeness (QED) is 0.650. The van der Waals surface area contributed by atoms with Crippen LogP contribution in [0.4, 0.5) is 0 Å². The van der Waals surface area contributed by atoms with E-state index in [9.17, 15) is 4.79 Å². The summed E-state index contributed by atoms with van der Waals surface area (Å²) in [5, 5.41) is 0. The highest BCUT2D eigenvalue weighted by Gasteiger charge is 2.64. The van der Waals surface area contributed by atoms with E-state index < -0.39 is 24.0 Å². The van der Waals surface area contributed by atoms with Crippen LogP contribution in [0.2, 0.25) is 0 Å². The lowest BCUT2D eigenvalue weighted by atomic mass is 9.94. The van der Waals surface area contributed by atoms with Gasteiger partial charge in [-0.3, -0.25) is 0 Å². The van der Waals surface area contributed by atoms with Crippen LogP contribution < -0.4 is 0 Å². The summed E-state index contributed by atoms with van der Waals surface area (Å²) in [4.78, 5) is 12.5. The van der Waals surface area contributed by atoms with Gasteiger partial charge in [-0.2, -0.15) is 0 Å². The number of carbonyl (C=O) groups excluding carboxylic acids is 1. The molecule has 32 heavy (non-hydrogen) atoms. The fourth-order valence-electron chi connectivity index (χ4n) is 5.99. The van der Waals surface area contributed by atoms with Crippen LogP contribution in [-0.4, -0.2) is 54.9 Å². The standard InChI is InChI=1S/C25H32O7/c26-22(17-10-4-1-5-11-17)27-16-18-19-20(30-24(29-19)12-6-2-7-13-24)21-23(28-18)32-25(31-21)14-8-3-9-15-25/h1,4-5,10-11,18-21,23H,2-3,6-9,12-16H2/t18-,19-,20+,21+,23+/m0/s1. The van der Waals surface area contributed by atoms with E-state index in [0.29, 0.717) is 5.56 Å². The number of carbonyl (C=O) groups is 1. The second-order valence-electron chi connectivity index (χ2n) is 9.82. The lowest BCUT2D eigenvalue weighted by Crippen LogP contribution is -2.56. The van der Waals surface area contributed by atoms with E-state index in [0.717, 1.165) is 51.4 Å². The van der Waals surface area contributed by atoms with Crippen molar-refractivity contribution in [3.8, 4) is 0 Å². The van der Waals surface area contributed by atoms with Gasteiger partial charge in [0.2, 0.25) is 0 Å². The molecule has 1 aromatic carbocycles. The Morgan fingerprint density at radius 1 is 0.781 bits per heavy atom. The molecule has 6 rings (SSSR count). The molecule has 2 spiro atoms. The average molecular weight is 445 g/mol. The molecule has 3 heterocycles. The van der Waals surface area contributed by atoms with Gasteiger partial charge in [-0.05, 0) is 37.8 Å². The SMILES string of the molecule is O=C(OC[C@@H]1O[C@@H]2OC3(CCCCC3)O[C@@H]2[C@@H]2OC3(CCCCC3)O[C@H]21)c1ccccc1. The second-order valence-corrected chi connectivity index (χ2v) is 9.82. The molecule has 5 atom stereocenters. The summed E-state index contributed by atoms with van der Waals surface area (Å²) < 4.78 is 38.1. The van der Waals surface area contributed by atoms with Gasteiger partial charge in [-0.1, -0.05) is 31.0 Å². The highest BCUT2D eigenvalue weighted by Crippen LogP contribution is 2.50. The molecule has 5 fully saturated rings. The van der Waals surface area contributed by atoms with E-state index in [4.69, 9.17) is 28.4 Å². The first-order chi connectivity index (χ1) is 15.7. The summed E-state index contributed by atoms with van der Waals surface area (Å²) >= 11 is 0. The molecule has 7 heteroatoms. The first-order valence-corrected chi connectivity index (χ1v) is 12.2. The molecule has 0 bridgehead atoms. The molecule has 0 radical (unpaired) electrons. The van der Waals surface area contributed by atoms with Crippen LogP contribution in [0.5, 0.6) is 0 Å². The van der Waals surface area contributed by atoms with Gasteiger partial charge in [0.1, 0.15) is 31.0 Å². The van der Waals surface area contributed by atoms with E-state index in [-0.39, 0.29) is 30.9 Å². The smallest absolute Gasteiger partial charge is 0.338 e. The first-order valence-electron chi connectivity index (χ1n) is 12.2. The van der Waals surface area contributed by atoms with Crippen molar-refractivity contribution in [1.82, 2.24) is 0 Å². The van der Waals surface area contributed by atoms with Gasteiger partial charge in [-0.15, -0.1) is 0 Å². The predicted octanol–water partition coefficient (Wildman–Crippen LogP) is 4.09. The Balaban J connectivity index is 1.21. The Kier molecular flexibility index (Phi) is 5.50. The van der Waals surface area contributed by atoms with Crippen molar-refractivity contribution in [2.45, 2.75) is 106 Å². The Morgan fingerprint density at radius 3 is 2.06 bits per heavy atom. The van der Waals surface area contributed by atoms with Crippen molar-refractivity contribution < 1.29 is 33.2 Å². The number of hydrogen-bond acceptors (Lipinski definition) is 7. The lowest BCUT2D eigenvalue weighted by molar-refractivity contribution is -0.254. The molecule has 7 nitrogen and oxygen atoms in total. The Morgan fingerprint density at radius 2 is 1.38 bits per heavy atom. The summed E-state index contributed by atoms with van der Waals surface area (Å²) in [6.07, 6.45) is 8.32. The third-order valence-corrected chi connectivity index (χ3v) is 7.59. The van der Waals surface area contributed by atoms with Gasteiger partial charge in [-0.25, -0.2) is 4.79 Å². The van der Waals surface area contributed by atoms with Gasteiger partial charge in [0.25, 0.3) is 0 Å². The van der Waals surface area contributed by atoms with Crippen LogP contribution in [0.3, 0.4) is 0 Å². The highest BCUT2D eigenvalue weighted by molar-refractivity contribution is 5.89. The molecular formula is C25H32O7. The number of fused-ring (bicyclic) bond motifs is 3. The Labute approximate surface area is 188 Å². The topological polar surface area (TPSA) is 72.5 Å². The van der Waals surface area contributed by atoms with Gasteiger partial charge >= 0.3 is 5.97 Å². The molecule has 174 valence electrons. The molecule has 3 saturated heterocycles. The minimum atomic E-state index is -0.584. The van der Waals surface area contributed by atoms with Gasteiger partial charge < -0.3 is 28.4 Å². The number of hydrogen-bond donors (Lipinski definition) is 0. The molecule has 5 aliphatic rings. The molecule has 0 N–H and O–H groups in total. The summed E-state index contributed by atoms with van der Waals surface area (Å²) in [5.41, 5.74) is 0.520. The van der Waals surface area contributed by atoms with Gasteiger partial charge in [0.05, 0.1) is 5.56 Å². The molecule has 0 aromatic heterocycles. The summed E-state index contributed by atoms with van der Waals surface area (Å²) in [5.74, 6) is -1.54. The van der Waals surface area contributed by atoms with E-state index >= 15 is 0 Å². The molecule has 0 amide bonds. The molecule has 0 unspecified atom stereocenters. The zero-order valence-electron chi connectivity index (χ0n) is 18.4. The number of benzene rings is 1. The van der Waals surface area contributed by atoms with Crippen molar-refractivity contribution >= 4 is 5.97 Å². The van der Waals surface area contributed by atoms with E-state index in [1.165, 1.54) is 12.8 Å². The summed E-state index contributed by atoms with van der Waals surface area (Å²) in [6, 6.07) is 9.01. The van der Waals surface area contributed by atoms with E-state index in [2.05, 4.69) is 0 Å². The zero-order valence-corrected chi connectivity index (χ0v) is 18.4. The van der Waals surface area contributed by atoms with Crippen molar-refractivity contribution in [3.63, 3.8) is 0 Å². The van der Waals surface area contributed by atoms with Crippen LogP contribution in [-0.2, 0) is 28.4 Å². The third-order valence-electron chi connectivity index (χ3n) is 7.59. The van der Waals surface area contributed by atoms with Crippen LogP contribution in [0.1, 0.15) is 74.6 Å². The molecular weight excluding hydrogens is 412 g/mol. The van der Waals surface area contributed by atoms with Crippen LogP contribution in [0.15, 0.2) is 30.3 Å². The van der Waals surface area contributed by atoms with Crippen molar-refractivity contribution in [2.75, 3.05) is 6.61 Å². The molecule has 3 aliphatic heterocycles. The normalized spacial score (nSPS) is 37.2. The Hall–Kier alpha value is -1.51. The maximum Gasteiger partial charge on any atom is 0.338 e. The largest absolute Gasteiger partial charge is 0.459 e. The minimum absolute atomic E-state index is 0.0912. The summed E-state index contributed by atoms with van der Waals surface area (Å²) in [6.45, 7) is 0.0912. The Bertz CT molecular complexity index is 815. The van der Waals surface area contributed by atoms with Crippen LogP contribution in [0.25, 0.3) is 0 Å². The van der Waals surface area contributed by atoms with E-state index in [1.54, 1.807) is 12.1 Å². The molecule has 2 saturated carbocycles. The van der Waals surface area contributed by atoms with Gasteiger partial charge in [0, 0.05) is 25.7 Å². The van der Waals surface area contributed by atoms with Crippen molar-refractivity contribution in [1.29, 1.82) is 0 Å². The van der Waals surface area contributed by atoms with Crippen LogP contribution >= 0.6 is 0 Å². The van der Waals surface area contributed by atoms with E-state index in [1.807, 2.05) is 18.2 Å². The lowest BCUT2D eigenvalue weighted by Gasteiger charge is -2.36. The maximum atomic E-state index is 12.5. The van der Waals surface area contributed by atoms with Gasteiger partial charge in [0.15, 0.2) is 17.9 Å². The number of ether oxygens (including phenoxy) is 6. The second kappa shape index (κ2) is 8.37. The predicted molar refractivity (Wildman–Crippen MR) is 113 cm³/mol. The monoisotopic (exact) mass is 444 g/mol. The van der Waals surface area contributed by atoms with Crippen molar-refractivity contribution in [3.05, 3.63) is 35.9 Å². The number of esters is 1. The van der Waals surface area contributed by atoms with Crippen LogP contribution in [0, 0.1) is 0 Å². The third kappa shape index (κ3) is 3.78. The van der Waals surface area contributed by atoms with Crippen molar-refractivity contribution in [2.24, 2.45) is 0 Å². The molecule has 1 aromatic rings. The minimum Gasteiger partial charge on any atom is -0.459 e. The maximum absolute atomic E-state index is 12.5. The fraction of sp³-hybridized carbons (Fsp3) is 0.720. The fourth-order valence-corrected chi connectivity index (χ4v) is 5.99. The molecule has 2 aliphatic carbocycles. The average Bonchev–Trinajstić information content (AvgIpc) is 3.37. The summed E-state index contributed by atoms with van der Waals surface area (Å²) in [7, 11) is 0. The first kappa shape index (κ1) is 21.1. The number of rotatable bonds is 3. The highest BCUT2D eigenvalue weighted by atomic mass is 16.9. The zero-order chi connectivity index (χ0) is 21.6.